The van der Waals surface area contributed by atoms with Crippen LogP contribution in [0.25, 0.3) is 11.0 Å². The summed E-state index contributed by atoms with van der Waals surface area (Å²) in [7, 11) is 1.39. The summed E-state index contributed by atoms with van der Waals surface area (Å²) in [4.78, 5) is 19.4. The standard InChI is InChI=1S/C15H19N3O2/c1-20-15(19)11-2-3-12-13(9-11)18-14(17-12)8-10-4-6-16-7-5-10/h2-3,9-10,16H,4-8H2,1H3,(H,17,18). The fourth-order valence-electron chi connectivity index (χ4n) is 2.76. The van der Waals surface area contributed by atoms with Crippen molar-refractivity contribution in [2.75, 3.05) is 20.2 Å². The molecule has 1 saturated heterocycles. The molecule has 0 unspecified atom stereocenters. The van der Waals surface area contributed by atoms with E-state index in [9.17, 15) is 4.79 Å². The van der Waals surface area contributed by atoms with E-state index in [4.69, 9.17) is 4.74 Å². The number of ether oxygens (including phenoxy) is 1. The number of nitrogens with one attached hydrogen (secondary N) is 2. The first-order chi connectivity index (χ1) is 9.76. The zero-order valence-corrected chi connectivity index (χ0v) is 11.6. The van der Waals surface area contributed by atoms with E-state index in [2.05, 4.69) is 15.3 Å². The minimum atomic E-state index is -0.318. The van der Waals surface area contributed by atoms with Crippen LogP contribution < -0.4 is 5.32 Å². The quantitative estimate of drug-likeness (QED) is 0.838. The van der Waals surface area contributed by atoms with E-state index in [1.54, 1.807) is 12.1 Å². The van der Waals surface area contributed by atoms with Gasteiger partial charge in [0.2, 0.25) is 0 Å². The van der Waals surface area contributed by atoms with Crippen molar-refractivity contribution in [2.45, 2.75) is 19.3 Å². The van der Waals surface area contributed by atoms with Gasteiger partial charge in [-0.15, -0.1) is 0 Å². The molecule has 5 nitrogen and oxygen atoms in total. The van der Waals surface area contributed by atoms with Crippen molar-refractivity contribution in [3.8, 4) is 0 Å². The lowest BCUT2D eigenvalue weighted by Crippen LogP contribution is -2.28. The molecule has 0 spiro atoms. The molecule has 0 bridgehead atoms. The minimum absolute atomic E-state index is 0.318. The summed E-state index contributed by atoms with van der Waals surface area (Å²) in [6.45, 7) is 2.19. The third-order valence-corrected chi connectivity index (χ3v) is 3.89. The van der Waals surface area contributed by atoms with E-state index in [1.165, 1.54) is 20.0 Å². The number of aromatic nitrogens is 2. The van der Waals surface area contributed by atoms with Crippen LogP contribution in [0.3, 0.4) is 0 Å². The number of H-pyrrole nitrogens is 1. The van der Waals surface area contributed by atoms with Crippen LogP contribution in [-0.2, 0) is 11.2 Å². The smallest absolute Gasteiger partial charge is 0.337 e. The summed E-state index contributed by atoms with van der Waals surface area (Å²) in [5.41, 5.74) is 2.36. The van der Waals surface area contributed by atoms with Gasteiger partial charge in [0.15, 0.2) is 0 Å². The molecule has 2 N–H and O–H groups in total. The van der Waals surface area contributed by atoms with Crippen LogP contribution in [0, 0.1) is 5.92 Å². The highest BCUT2D eigenvalue weighted by Crippen LogP contribution is 2.20. The highest BCUT2D eigenvalue weighted by atomic mass is 16.5. The number of methoxy groups -OCH3 is 1. The molecule has 0 saturated carbocycles. The van der Waals surface area contributed by atoms with Crippen molar-refractivity contribution < 1.29 is 9.53 Å². The molecule has 106 valence electrons. The second-order valence-electron chi connectivity index (χ2n) is 5.30. The number of carbonyl (C=O) groups excluding carboxylic acids is 1. The maximum Gasteiger partial charge on any atom is 0.337 e. The van der Waals surface area contributed by atoms with E-state index in [1.807, 2.05) is 6.07 Å². The van der Waals surface area contributed by atoms with Crippen molar-refractivity contribution in [3.63, 3.8) is 0 Å². The second kappa shape index (κ2) is 5.63. The van der Waals surface area contributed by atoms with Gasteiger partial charge in [-0.2, -0.15) is 0 Å². The van der Waals surface area contributed by atoms with Crippen molar-refractivity contribution in [2.24, 2.45) is 5.92 Å². The van der Waals surface area contributed by atoms with Gasteiger partial charge in [-0.1, -0.05) is 0 Å². The van der Waals surface area contributed by atoms with Gasteiger partial charge in [0.05, 0.1) is 23.7 Å². The Labute approximate surface area is 117 Å². The zero-order valence-electron chi connectivity index (χ0n) is 11.6. The van der Waals surface area contributed by atoms with Crippen molar-refractivity contribution >= 4 is 17.0 Å². The summed E-state index contributed by atoms with van der Waals surface area (Å²) in [6, 6.07) is 5.42. The average molecular weight is 273 g/mol. The molecule has 0 aliphatic carbocycles. The normalized spacial score (nSPS) is 16.4. The van der Waals surface area contributed by atoms with Gasteiger partial charge in [-0.25, -0.2) is 9.78 Å². The summed E-state index contributed by atoms with van der Waals surface area (Å²) in [5.74, 6) is 1.38. The highest BCUT2D eigenvalue weighted by molar-refractivity contribution is 5.93. The van der Waals surface area contributed by atoms with Crippen LogP contribution in [0.4, 0.5) is 0 Å². The average Bonchev–Trinajstić information content (AvgIpc) is 2.88. The molecular formula is C15H19N3O2. The third kappa shape index (κ3) is 2.67. The Morgan fingerprint density at radius 1 is 1.40 bits per heavy atom. The van der Waals surface area contributed by atoms with Crippen LogP contribution in [0.15, 0.2) is 18.2 Å². The number of piperidine rings is 1. The summed E-state index contributed by atoms with van der Waals surface area (Å²) < 4.78 is 4.73. The van der Waals surface area contributed by atoms with E-state index in [0.29, 0.717) is 11.5 Å². The van der Waals surface area contributed by atoms with Crippen LogP contribution in [-0.4, -0.2) is 36.1 Å². The number of carbonyl (C=O) groups is 1. The van der Waals surface area contributed by atoms with Crippen molar-refractivity contribution in [1.82, 2.24) is 15.3 Å². The Bertz CT molecular complexity index is 615. The number of hydrogen-bond acceptors (Lipinski definition) is 4. The lowest BCUT2D eigenvalue weighted by atomic mass is 9.94. The molecule has 1 aliphatic heterocycles. The second-order valence-corrected chi connectivity index (χ2v) is 5.30. The van der Waals surface area contributed by atoms with Gasteiger partial charge in [-0.3, -0.25) is 0 Å². The summed E-state index contributed by atoms with van der Waals surface area (Å²) >= 11 is 0. The van der Waals surface area contributed by atoms with Crippen LogP contribution in [0.1, 0.15) is 29.0 Å². The van der Waals surface area contributed by atoms with Crippen LogP contribution in [0.5, 0.6) is 0 Å². The van der Waals surface area contributed by atoms with E-state index < -0.39 is 0 Å². The first kappa shape index (κ1) is 13.1. The first-order valence-electron chi connectivity index (χ1n) is 7.04. The molecule has 2 heterocycles. The number of rotatable bonds is 3. The number of benzene rings is 1. The molecule has 3 rings (SSSR count). The monoisotopic (exact) mass is 273 g/mol. The number of hydrogen-bond donors (Lipinski definition) is 2. The summed E-state index contributed by atoms with van der Waals surface area (Å²) in [5, 5.41) is 3.37. The maximum absolute atomic E-state index is 11.5. The lowest BCUT2D eigenvalue weighted by Gasteiger charge is -2.21. The topological polar surface area (TPSA) is 67.0 Å². The SMILES string of the molecule is COC(=O)c1ccc2nc(CC3CCNCC3)[nH]c2c1. The Morgan fingerprint density at radius 2 is 2.20 bits per heavy atom. The van der Waals surface area contributed by atoms with Crippen LogP contribution >= 0.6 is 0 Å². The third-order valence-electron chi connectivity index (χ3n) is 3.89. The number of imidazole rings is 1. The van der Waals surface area contributed by atoms with Gasteiger partial charge in [-0.05, 0) is 50.0 Å². The molecule has 1 fully saturated rings. The molecule has 1 aromatic carbocycles. The predicted octanol–water partition coefficient (Wildman–Crippen LogP) is 1.89. The van der Waals surface area contributed by atoms with Crippen molar-refractivity contribution in [3.05, 3.63) is 29.6 Å². The molecule has 2 aromatic rings. The van der Waals surface area contributed by atoms with Gasteiger partial charge in [0.25, 0.3) is 0 Å². The number of nitrogens with zero attached hydrogens (tertiary/aromatic N) is 1. The fraction of sp³-hybridized carbons (Fsp3) is 0.467. The fourth-order valence-corrected chi connectivity index (χ4v) is 2.76. The zero-order chi connectivity index (χ0) is 13.9. The van der Waals surface area contributed by atoms with E-state index in [0.717, 1.165) is 36.4 Å². The molecule has 0 radical (unpaired) electrons. The van der Waals surface area contributed by atoms with Gasteiger partial charge in [0, 0.05) is 6.42 Å². The number of aromatic amines is 1. The van der Waals surface area contributed by atoms with Gasteiger partial charge in [0.1, 0.15) is 5.82 Å². The minimum Gasteiger partial charge on any atom is -0.465 e. The molecule has 0 atom stereocenters. The van der Waals surface area contributed by atoms with Gasteiger partial charge >= 0.3 is 5.97 Å². The lowest BCUT2D eigenvalue weighted by molar-refractivity contribution is 0.0601. The van der Waals surface area contributed by atoms with Crippen LogP contribution in [0.2, 0.25) is 0 Å². The Morgan fingerprint density at radius 3 is 2.95 bits per heavy atom. The molecule has 1 aliphatic rings. The first-order valence-corrected chi connectivity index (χ1v) is 7.04. The Hall–Kier alpha value is -1.88. The highest BCUT2D eigenvalue weighted by Gasteiger charge is 2.16. The van der Waals surface area contributed by atoms with Gasteiger partial charge < -0.3 is 15.0 Å². The maximum atomic E-state index is 11.5. The molecule has 20 heavy (non-hydrogen) atoms. The van der Waals surface area contributed by atoms with E-state index in [-0.39, 0.29) is 5.97 Å². The molecule has 5 heteroatoms. The largest absolute Gasteiger partial charge is 0.465 e. The molecule has 0 amide bonds. The van der Waals surface area contributed by atoms with Crippen molar-refractivity contribution in [1.29, 1.82) is 0 Å². The Kier molecular flexibility index (Phi) is 3.69. The van der Waals surface area contributed by atoms with E-state index >= 15 is 0 Å². The predicted molar refractivity (Wildman–Crippen MR) is 76.7 cm³/mol. The summed E-state index contributed by atoms with van der Waals surface area (Å²) in [6.07, 6.45) is 3.37. The number of esters is 1. The number of fused-ring (bicyclic) bond motifs is 1. The molecular weight excluding hydrogens is 254 g/mol. The molecule has 1 aromatic heterocycles. The Balaban J connectivity index is 1.81.